The van der Waals surface area contributed by atoms with Crippen molar-refractivity contribution in [3.8, 4) is 5.75 Å². The zero-order valence-electron chi connectivity index (χ0n) is 15.3. The molecule has 1 aliphatic rings. The maximum Gasteiger partial charge on any atom is 0.194 e. The minimum Gasteiger partial charge on any atom is -0.497 e. The van der Waals surface area contributed by atoms with E-state index in [1.165, 1.54) is 11.1 Å². The topological polar surface area (TPSA) is 54.7 Å². The fourth-order valence-corrected chi connectivity index (χ4v) is 2.99. The Labute approximate surface area is 172 Å². The van der Waals surface area contributed by atoms with Crippen molar-refractivity contribution in [3.63, 3.8) is 0 Å². The summed E-state index contributed by atoms with van der Waals surface area (Å²) >= 11 is 0. The number of hydrogen-bond donors (Lipinski definition) is 1. The molecule has 140 valence electrons. The highest BCUT2D eigenvalue weighted by Gasteiger charge is 2.16. The molecule has 0 saturated carbocycles. The van der Waals surface area contributed by atoms with Gasteiger partial charge in [-0.2, -0.15) is 5.10 Å². The SMILES string of the molecule is CN=C(NCCn1cccn1)N1CC=C(c2cccc(OC)c2)CC1.I. The molecule has 1 aromatic heterocycles. The monoisotopic (exact) mass is 467 g/mol. The van der Waals surface area contributed by atoms with Crippen molar-refractivity contribution in [1.82, 2.24) is 20.0 Å². The number of aliphatic imine (C=N–C) groups is 1. The summed E-state index contributed by atoms with van der Waals surface area (Å²) in [7, 11) is 3.53. The van der Waals surface area contributed by atoms with Crippen LogP contribution in [0.4, 0.5) is 0 Å². The Morgan fingerprint density at radius 1 is 1.35 bits per heavy atom. The van der Waals surface area contributed by atoms with Crippen molar-refractivity contribution >= 4 is 35.5 Å². The first kappa shape index (κ1) is 20.3. The average molecular weight is 467 g/mol. The van der Waals surface area contributed by atoms with Gasteiger partial charge in [-0.1, -0.05) is 18.2 Å². The number of ether oxygens (including phenoxy) is 1. The molecule has 1 aromatic carbocycles. The highest BCUT2D eigenvalue weighted by Crippen LogP contribution is 2.25. The molecule has 26 heavy (non-hydrogen) atoms. The van der Waals surface area contributed by atoms with Crippen LogP contribution in [0.25, 0.3) is 5.57 Å². The van der Waals surface area contributed by atoms with Crippen molar-refractivity contribution < 1.29 is 4.74 Å². The number of hydrogen-bond acceptors (Lipinski definition) is 3. The third-order valence-corrected chi connectivity index (χ3v) is 4.34. The normalized spacial score (nSPS) is 14.5. The Kier molecular flexibility index (Phi) is 7.96. The molecule has 2 aromatic rings. The van der Waals surface area contributed by atoms with Gasteiger partial charge in [-0.05, 0) is 35.8 Å². The van der Waals surface area contributed by atoms with Gasteiger partial charge in [-0.3, -0.25) is 9.67 Å². The van der Waals surface area contributed by atoms with Gasteiger partial charge in [-0.25, -0.2) is 0 Å². The molecule has 3 rings (SSSR count). The molecule has 1 N–H and O–H groups in total. The molecule has 0 amide bonds. The summed E-state index contributed by atoms with van der Waals surface area (Å²) in [6.07, 6.45) is 7.03. The van der Waals surface area contributed by atoms with E-state index in [0.717, 1.165) is 44.3 Å². The lowest BCUT2D eigenvalue weighted by Crippen LogP contribution is -2.44. The third-order valence-electron chi connectivity index (χ3n) is 4.34. The summed E-state index contributed by atoms with van der Waals surface area (Å²) in [4.78, 5) is 6.68. The van der Waals surface area contributed by atoms with Gasteiger partial charge in [0.1, 0.15) is 5.75 Å². The smallest absolute Gasteiger partial charge is 0.194 e. The predicted molar refractivity (Wildman–Crippen MR) is 116 cm³/mol. The Bertz CT molecular complexity index is 742. The number of nitrogens with one attached hydrogen (secondary N) is 1. The molecular weight excluding hydrogens is 441 g/mol. The molecule has 2 heterocycles. The van der Waals surface area contributed by atoms with Crippen LogP contribution in [-0.2, 0) is 6.54 Å². The predicted octanol–water partition coefficient (Wildman–Crippen LogP) is 2.87. The van der Waals surface area contributed by atoms with Crippen LogP contribution < -0.4 is 10.1 Å². The summed E-state index contributed by atoms with van der Waals surface area (Å²) in [5.74, 6) is 1.84. The van der Waals surface area contributed by atoms with Crippen molar-refractivity contribution in [2.24, 2.45) is 4.99 Å². The molecule has 0 radical (unpaired) electrons. The van der Waals surface area contributed by atoms with E-state index in [2.05, 4.69) is 38.5 Å². The van der Waals surface area contributed by atoms with Gasteiger partial charge < -0.3 is 15.0 Å². The first-order chi connectivity index (χ1) is 12.3. The van der Waals surface area contributed by atoms with Crippen molar-refractivity contribution in [2.45, 2.75) is 13.0 Å². The maximum atomic E-state index is 5.32. The van der Waals surface area contributed by atoms with Crippen molar-refractivity contribution in [2.75, 3.05) is 33.8 Å². The Hall–Kier alpha value is -2.03. The Morgan fingerprint density at radius 2 is 2.23 bits per heavy atom. The molecule has 0 atom stereocenters. The second-order valence-corrected chi connectivity index (χ2v) is 5.90. The van der Waals surface area contributed by atoms with Gasteiger partial charge in [0.2, 0.25) is 0 Å². The number of aromatic nitrogens is 2. The Morgan fingerprint density at radius 3 is 2.88 bits per heavy atom. The van der Waals surface area contributed by atoms with Crippen LogP contribution in [0.3, 0.4) is 0 Å². The first-order valence-corrected chi connectivity index (χ1v) is 8.56. The van der Waals surface area contributed by atoms with Crippen LogP contribution >= 0.6 is 24.0 Å². The number of guanidine groups is 1. The van der Waals surface area contributed by atoms with Gasteiger partial charge in [0.15, 0.2) is 5.96 Å². The highest BCUT2D eigenvalue weighted by atomic mass is 127. The summed E-state index contributed by atoms with van der Waals surface area (Å²) < 4.78 is 7.24. The fraction of sp³-hybridized carbons (Fsp3) is 0.368. The van der Waals surface area contributed by atoms with Crippen LogP contribution in [0.5, 0.6) is 5.75 Å². The van der Waals surface area contributed by atoms with Gasteiger partial charge in [-0.15, -0.1) is 24.0 Å². The second-order valence-electron chi connectivity index (χ2n) is 5.90. The number of benzene rings is 1. The van der Waals surface area contributed by atoms with Gasteiger partial charge >= 0.3 is 0 Å². The lowest BCUT2D eigenvalue weighted by atomic mass is 9.99. The molecular formula is C19H26IN5O. The maximum absolute atomic E-state index is 5.32. The average Bonchev–Trinajstić information content (AvgIpc) is 3.19. The Balaban J connectivity index is 0.00000243. The second kappa shape index (κ2) is 10.2. The molecule has 1 aliphatic heterocycles. The standard InChI is InChI=1S/C19H25N5O.HI/c1-20-19(21-10-14-24-11-4-9-22-24)23-12-7-16(8-13-23)17-5-3-6-18(15-17)25-2;/h3-7,9,11,15H,8,10,12-14H2,1-2H3,(H,20,21);1H. The number of methoxy groups -OCH3 is 1. The summed E-state index contributed by atoms with van der Waals surface area (Å²) in [6.45, 7) is 3.43. The van der Waals surface area contributed by atoms with E-state index in [1.807, 2.05) is 36.1 Å². The summed E-state index contributed by atoms with van der Waals surface area (Å²) in [6, 6.07) is 10.2. The van der Waals surface area contributed by atoms with E-state index >= 15 is 0 Å². The van der Waals surface area contributed by atoms with Crippen LogP contribution in [0.1, 0.15) is 12.0 Å². The number of rotatable bonds is 5. The fourth-order valence-electron chi connectivity index (χ4n) is 2.99. The molecule has 0 unspecified atom stereocenters. The van der Waals surface area contributed by atoms with E-state index in [0.29, 0.717) is 0 Å². The molecule has 7 heteroatoms. The van der Waals surface area contributed by atoms with Gasteiger partial charge in [0.25, 0.3) is 0 Å². The zero-order chi connectivity index (χ0) is 17.5. The van der Waals surface area contributed by atoms with Crippen LogP contribution in [0.2, 0.25) is 0 Å². The number of halogens is 1. The molecule has 6 nitrogen and oxygen atoms in total. The molecule has 0 aliphatic carbocycles. The minimum absolute atomic E-state index is 0. The zero-order valence-corrected chi connectivity index (χ0v) is 17.6. The molecule has 0 spiro atoms. The largest absolute Gasteiger partial charge is 0.497 e. The van der Waals surface area contributed by atoms with Crippen molar-refractivity contribution in [1.29, 1.82) is 0 Å². The third kappa shape index (κ3) is 5.23. The van der Waals surface area contributed by atoms with Gasteiger partial charge in [0, 0.05) is 39.1 Å². The van der Waals surface area contributed by atoms with E-state index in [1.54, 1.807) is 13.3 Å². The van der Waals surface area contributed by atoms with Crippen LogP contribution in [0, 0.1) is 0 Å². The van der Waals surface area contributed by atoms with Crippen molar-refractivity contribution in [3.05, 3.63) is 54.4 Å². The molecule has 0 fully saturated rings. The number of nitrogens with zero attached hydrogens (tertiary/aromatic N) is 4. The van der Waals surface area contributed by atoms with Crippen LogP contribution in [0.15, 0.2) is 53.8 Å². The lowest BCUT2D eigenvalue weighted by Gasteiger charge is -2.30. The van der Waals surface area contributed by atoms with Crippen LogP contribution in [-0.4, -0.2) is 54.4 Å². The first-order valence-electron chi connectivity index (χ1n) is 8.56. The highest BCUT2D eigenvalue weighted by molar-refractivity contribution is 14.0. The van der Waals surface area contributed by atoms with E-state index in [9.17, 15) is 0 Å². The van der Waals surface area contributed by atoms with E-state index < -0.39 is 0 Å². The van der Waals surface area contributed by atoms with E-state index in [4.69, 9.17) is 4.74 Å². The quantitative estimate of drug-likeness (QED) is 0.418. The van der Waals surface area contributed by atoms with E-state index in [-0.39, 0.29) is 24.0 Å². The summed E-state index contributed by atoms with van der Waals surface area (Å²) in [5, 5.41) is 7.63. The lowest BCUT2D eigenvalue weighted by molar-refractivity contribution is 0.414. The van der Waals surface area contributed by atoms with Gasteiger partial charge in [0.05, 0.1) is 13.7 Å². The molecule has 0 bridgehead atoms. The minimum atomic E-state index is 0. The summed E-state index contributed by atoms with van der Waals surface area (Å²) in [5.41, 5.74) is 2.60. The molecule has 0 saturated heterocycles.